The molecule has 0 N–H and O–H groups in total. The van der Waals surface area contributed by atoms with Gasteiger partial charge in [0.25, 0.3) is 5.56 Å². The third-order valence-electron chi connectivity index (χ3n) is 5.78. The molecular weight excluding hydrogens is 434 g/mol. The second-order valence-electron chi connectivity index (χ2n) is 8.00. The van der Waals surface area contributed by atoms with Crippen LogP contribution in [0, 0.1) is 0 Å². The molecule has 0 unspecified atom stereocenters. The van der Waals surface area contributed by atoms with Gasteiger partial charge in [0.2, 0.25) is 10.0 Å². The molecule has 0 bridgehead atoms. The number of nitrogens with zero attached hydrogens (tertiary/aromatic N) is 5. The van der Waals surface area contributed by atoms with Crippen molar-refractivity contribution in [1.29, 1.82) is 0 Å². The molecule has 1 fully saturated rings. The minimum atomic E-state index is -3.28. The first-order valence-corrected chi connectivity index (χ1v) is 12.3. The molecule has 0 radical (unpaired) electrons. The summed E-state index contributed by atoms with van der Waals surface area (Å²) in [5.41, 5.74) is -0.0201. The van der Waals surface area contributed by atoms with E-state index >= 15 is 0 Å². The molecule has 1 aromatic carbocycles. The average molecular weight is 466 g/mol. The highest BCUT2D eigenvalue weighted by Crippen LogP contribution is 2.20. The normalized spacial score (nSPS) is 15.1. The van der Waals surface area contributed by atoms with E-state index in [1.54, 1.807) is 31.3 Å². The third-order valence-corrected chi connectivity index (χ3v) is 6.99. The zero-order valence-corrected chi connectivity index (χ0v) is 19.8. The number of ether oxygens (including phenoxy) is 1. The van der Waals surface area contributed by atoms with E-state index in [1.807, 2.05) is 0 Å². The molecule has 1 aliphatic rings. The van der Waals surface area contributed by atoms with Crippen molar-refractivity contribution in [3.63, 3.8) is 0 Å². The molecule has 10 nitrogen and oxygen atoms in total. The number of aromatic nitrogens is 2. The monoisotopic (exact) mass is 465 g/mol. The van der Waals surface area contributed by atoms with E-state index < -0.39 is 10.0 Å². The molecule has 1 aromatic heterocycles. The van der Waals surface area contributed by atoms with Crippen molar-refractivity contribution < 1.29 is 13.2 Å². The van der Waals surface area contributed by atoms with E-state index in [1.165, 1.54) is 35.3 Å². The van der Waals surface area contributed by atoms with Crippen molar-refractivity contribution in [2.75, 3.05) is 61.8 Å². The Labute approximate surface area is 188 Å². The third kappa shape index (κ3) is 5.52. The number of rotatable bonds is 8. The van der Waals surface area contributed by atoms with E-state index in [9.17, 15) is 18.0 Å². The van der Waals surface area contributed by atoms with Crippen LogP contribution in [0.5, 0.6) is 5.75 Å². The molecular formula is C21H31N5O5S. The van der Waals surface area contributed by atoms with E-state index in [2.05, 4.69) is 9.80 Å². The minimum absolute atomic E-state index is 0.293. The lowest BCUT2D eigenvalue weighted by atomic mass is 10.3. The van der Waals surface area contributed by atoms with Gasteiger partial charge in [-0.05, 0) is 30.7 Å². The minimum Gasteiger partial charge on any atom is -0.494 e. The predicted molar refractivity (Wildman–Crippen MR) is 125 cm³/mol. The Morgan fingerprint density at radius 3 is 2.22 bits per heavy atom. The molecule has 0 amide bonds. The Bertz CT molecular complexity index is 1150. The summed E-state index contributed by atoms with van der Waals surface area (Å²) in [6, 6.07) is 8.50. The van der Waals surface area contributed by atoms with Crippen LogP contribution in [0.2, 0.25) is 0 Å². The lowest BCUT2D eigenvalue weighted by Crippen LogP contribution is -2.49. The fourth-order valence-electron chi connectivity index (χ4n) is 3.65. The number of benzene rings is 1. The topological polar surface area (TPSA) is 97.1 Å². The van der Waals surface area contributed by atoms with Crippen LogP contribution >= 0.6 is 0 Å². The molecule has 1 saturated heterocycles. The van der Waals surface area contributed by atoms with Crippen LogP contribution in [0.1, 0.15) is 6.42 Å². The maximum absolute atomic E-state index is 12.2. The van der Waals surface area contributed by atoms with Crippen molar-refractivity contribution in [1.82, 2.24) is 14.0 Å². The molecule has 11 heteroatoms. The summed E-state index contributed by atoms with van der Waals surface area (Å²) in [6.45, 7) is 4.63. The summed E-state index contributed by atoms with van der Waals surface area (Å²) in [6.07, 6.45) is 2.02. The van der Waals surface area contributed by atoms with Crippen molar-refractivity contribution in [2.24, 2.45) is 14.1 Å². The molecule has 2 aromatic rings. The first-order chi connectivity index (χ1) is 15.1. The zero-order chi connectivity index (χ0) is 23.5. The van der Waals surface area contributed by atoms with Gasteiger partial charge in [0.05, 0.1) is 18.6 Å². The average Bonchev–Trinajstić information content (AvgIpc) is 2.77. The largest absolute Gasteiger partial charge is 0.494 e. The molecule has 3 rings (SSSR count). The van der Waals surface area contributed by atoms with Crippen molar-refractivity contribution >= 4 is 21.5 Å². The Hall–Kier alpha value is -2.79. The standard InChI is InChI=1S/C21H31N5O5S/c1-22-19(16-20(27)23(2)21(22)28)26-13-11-25(12-14-26)10-5-15-31-18-8-6-17(7-9-18)24(3)32(4,29)30/h6-9,16H,5,10-15H2,1-4H3. The van der Waals surface area contributed by atoms with Crippen molar-refractivity contribution in [3.8, 4) is 5.75 Å². The van der Waals surface area contributed by atoms with Crippen LogP contribution < -0.4 is 25.2 Å². The number of hydrogen-bond donors (Lipinski definition) is 0. The van der Waals surface area contributed by atoms with Crippen LogP contribution in [-0.2, 0) is 24.1 Å². The number of sulfonamides is 1. The first kappa shape index (κ1) is 23.9. The first-order valence-electron chi connectivity index (χ1n) is 10.5. The number of hydrogen-bond acceptors (Lipinski definition) is 7. The molecule has 2 heterocycles. The van der Waals surface area contributed by atoms with E-state index in [0.717, 1.165) is 43.7 Å². The molecule has 1 aliphatic heterocycles. The Kier molecular flexibility index (Phi) is 7.29. The van der Waals surface area contributed by atoms with Gasteiger partial charge in [0.1, 0.15) is 11.6 Å². The number of anilines is 2. The summed E-state index contributed by atoms with van der Waals surface area (Å²) in [5.74, 6) is 1.36. The van der Waals surface area contributed by atoms with Gasteiger partial charge >= 0.3 is 5.69 Å². The lowest BCUT2D eigenvalue weighted by molar-refractivity contribution is 0.224. The second kappa shape index (κ2) is 9.78. The van der Waals surface area contributed by atoms with Gasteiger partial charge in [-0.15, -0.1) is 0 Å². The van der Waals surface area contributed by atoms with Gasteiger partial charge in [-0.1, -0.05) is 0 Å². The second-order valence-corrected chi connectivity index (χ2v) is 10.0. The smallest absolute Gasteiger partial charge is 0.332 e. The molecule has 0 atom stereocenters. The van der Waals surface area contributed by atoms with Gasteiger partial charge in [-0.3, -0.25) is 23.1 Å². The van der Waals surface area contributed by atoms with Crippen LogP contribution in [0.15, 0.2) is 39.9 Å². The Morgan fingerprint density at radius 1 is 1.00 bits per heavy atom. The van der Waals surface area contributed by atoms with Gasteiger partial charge in [0.15, 0.2) is 0 Å². The molecule has 0 spiro atoms. The summed E-state index contributed by atoms with van der Waals surface area (Å²) < 4.78 is 32.8. The highest BCUT2D eigenvalue weighted by Gasteiger charge is 2.20. The lowest BCUT2D eigenvalue weighted by Gasteiger charge is -2.36. The summed E-state index contributed by atoms with van der Waals surface area (Å²) >= 11 is 0. The van der Waals surface area contributed by atoms with Crippen molar-refractivity contribution in [2.45, 2.75) is 6.42 Å². The van der Waals surface area contributed by atoms with Crippen LogP contribution in [0.25, 0.3) is 0 Å². The fraction of sp³-hybridized carbons (Fsp3) is 0.524. The summed E-state index contributed by atoms with van der Waals surface area (Å²) in [4.78, 5) is 28.5. The number of piperazine rings is 1. The summed E-state index contributed by atoms with van der Waals surface area (Å²) in [7, 11) is 1.40. The predicted octanol–water partition coefficient (Wildman–Crippen LogP) is 0.0709. The van der Waals surface area contributed by atoms with Gasteiger partial charge in [0, 0.05) is 59.9 Å². The van der Waals surface area contributed by atoms with Gasteiger partial charge in [-0.25, -0.2) is 13.2 Å². The molecule has 32 heavy (non-hydrogen) atoms. The molecule has 0 saturated carbocycles. The summed E-state index contributed by atoms with van der Waals surface area (Å²) in [5, 5.41) is 0. The van der Waals surface area contributed by atoms with E-state index in [4.69, 9.17) is 4.74 Å². The molecule has 0 aliphatic carbocycles. The highest BCUT2D eigenvalue weighted by atomic mass is 32.2. The molecule has 176 valence electrons. The maximum atomic E-state index is 12.2. The van der Waals surface area contributed by atoms with Gasteiger partial charge in [-0.2, -0.15) is 0 Å². The van der Waals surface area contributed by atoms with Crippen LogP contribution in [0.4, 0.5) is 11.5 Å². The Balaban J connectivity index is 1.43. The van der Waals surface area contributed by atoms with E-state index in [0.29, 0.717) is 23.9 Å². The maximum Gasteiger partial charge on any atom is 0.332 e. The zero-order valence-electron chi connectivity index (χ0n) is 19.0. The van der Waals surface area contributed by atoms with Gasteiger partial charge < -0.3 is 9.64 Å². The van der Waals surface area contributed by atoms with Crippen LogP contribution in [-0.4, -0.2) is 75.1 Å². The quantitative estimate of drug-likeness (QED) is 0.509. The fourth-order valence-corrected chi connectivity index (χ4v) is 4.15. The van der Waals surface area contributed by atoms with Crippen LogP contribution in [0.3, 0.4) is 0 Å². The van der Waals surface area contributed by atoms with Crippen molar-refractivity contribution in [3.05, 3.63) is 51.2 Å². The SMILES string of the molecule is CN(c1ccc(OCCCN2CCN(c3cc(=O)n(C)c(=O)n3C)CC2)cc1)S(C)(=O)=O. The van der Waals surface area contributed by atoms with E-state index in [-0.39, 0.29) is 11.2 Å². The highest BCUT2D eigenvalue weighted by molar-refractivity contribution is 7.92. The Morgan fingerprint density at radius 2 is 1.62 bits per heavy atom.